The van der Waals surface area contributed by atoms with Gasteiger partial charge in [0, 0.05) is 5.39 Å². The molecule has 1 aromatic heterocycles. The number of nitrogens with zero attached hydrogens (tertiary/aromatic N) is 3. The lowest BCUT2D eigenvalue weighted by molar-refractivity contribution is 0.706. The van der Waals surface area contributed by atoms with Crippen LogP contribution in [0.1, 0.15) is 25.7 Å². The fourth-order valence-corrected chi connectivity index (χ4v) is 2.55. The number of aliphatic imine (C=N–C) groups is 1. The zero-order chi connectivity index (χ0) is 13.2. The molecule has 0 spiro atoms. The van der Waals surface area contributed by atoms with Crippen molar-refractivity contribution in [2.24, 2.45) is 10.7 Å². The van der Waals surface area contributed by atoms with E-state index in [1.807, 2.05) is 24.3 Å². The van der Waals surface area contributed by atoms with E-state index in [1.54, 1.807) is 10.9 Å². The molecule has 1 saturated carbocycles. The highest BCUT2D eigenvalue weighted by molar-refractivity contribution is 6.40. The summed E-state index contributed by atoms with van der Waals surface area (Å²) in [7, 11) is 0. The van der Waals surface area contributed by atoms with E-state index in [0.717, 1.165) is 23.7 Å². The van der Waals surface area contributed by atoms with Gasteiger partial charge < -0.3 is 5.73 Å². The average Bonchev–Trinajstić information content (AvgIpc) is 3.06. The van der Waals surface area contributed by atoms with Gasteiger partial charge in [0.05, 0.1) is 17.8 Å². The van der Waals surface area contributed by atoms with Gasteiger partial charge in [0.25, 0.3) is 0 Å². The molecule has 0 unspecified atom stereocenters. The average molecular weight is 255 g/mol. The Morgan fingerprint density at radius 2 is 2.05 bits per heavy atom. The van der Waals surface area contributed by atoms with E-state index >= 15 is 0 Å². The molecule has 1 aliphatic carbocycles. The molecular formula is C14H17N5. The van der Waals surface area contributed by atoms with Crippen LogP contribution in [0.4, 0.5) is 0 Å². The van der Waals surface area contributed by atoms with Crippen molar-refractivity contribution < 1.29 is 0 Å². The first-order valence-electron chi connectivity index (χ1n) is 6.61. The molecule has 0 atom stereocenters. The molecule has 5 nitrogen and oxygen atoms in total. The van der Waals surface area contributed by atoms with E-state index in [2.05, 4.69) is 10.1 Å². The van der Waals surface area contributed by atoms with Gasteiger partial charge in [-0.15, -0.1) is 0 Å². The molecule has 5 heteroatoms. The van der Waals surface area contributed by atoms with Gasteiger partial charge in [-0.3, -0.25) is 10.4 Å². The monoisotopic (exact) mass is 255 g/mol. The maximum Gasteiger partial charge on any atom is 0.189 e. The third-order valence-electron chi connectivity index (χ3n) is 3.58. The van der Waals surface area contributed by atoms with Crippen LogP contribution in [0, 0.1) is 5.41 Å². The largest absolute Gasteiger partial charge is 0.381 e. The molecule has 1 heterocycles. The Hall–Kier alpha value is -2.17. The lowest BCUT2D eigenvalue weighted by Gasteiger charge is -2.08. The number of nitrogens with two attached hydrogens (primary N) is 1. The van der Waals surface area contributed by atoms with E-state index < -0.39 is 0 Å². The van der Waals surface area contributed by atoms with E-state index in [1.165, 1.54) is 12.8 Å². The lowest BCUT2D eigenvalue weighted by Crippen LogP contribution is -2.31. The van der Waals surface area contributed by atoms with Crippen molar-refractivity contribution in [1.29, 1.82) is 5.41 Å². The van der Waals surface area contributed by atoms with E-state index in [-0.39, 0.29) is 17.7 Å². The normalized spacial score (nSPS) is 17.2. The van der Waals surface area contributed by atoms with Crippen LogP contribution in [-0.2, 0) is 0 Å². The first-order chi connectivity index (χ1) is 9.25. The van der Waals surface area contributed by atoms with Crippen LogP contribution < -0.4 is 5.73 Å². The van der Waals surface area contributed by atoms with Gasteiger partial charge in [-0.25, -0.2) is 4.68 Å². The second-order valence-electron chi connectivity index (χ2n) is 4.92. The minimum atomic E-state index is 0.160. The zero-order valence-electron chi connectivity index (χ0n) is 10.7. The molecule has 1 fully saturated rings. The standard InChI is InChI=1S/C14H17N5/c15-13(18-11-6-2-3-7-11)14(16)19-12-8-4-1-5-10(12)9-17-19/h1,4-5,8-9,11,16H,2-3,6-7H2,(H2,15,18). The third kappa shape index (κ3) is 2.23. The second-order valence-corrected chi connectivity index (χ2v) is 4.92. The van der Waals surface area contributed by atoms with Gasteiger partial charge in [-0.05, 0) is 18.9 Å². The van der Waals surface area contributed by atoms with Crippen molar-refractivity contribution in [2.75, 3.05) is 0 Å². The maximum atomic E-state index is 8.14. The SMILES string of the molecule is N=C(C(N)=NC1CCCC1)n1ncc2ccccc21. The number of nitrogens with one attached hydrogen (secondary N) is 1. The highest BCUT2D eigenvalue weighted by Gasteiger charge is 2.16. The summed E-state index contributed by atoms with van der Waals surface area (Å²) >= 11 is 0. The summed E-state index contributed by atoms with van der Waals surface area (Å²) in [5.41, 5.74) is 6.83. The molecule has 1 aromatic carbocycles. The topological polar surface area (TPSA) is 80.0 Å². The molecule has 3 rings (SSSR count). The molecule has 0 saturated heterocycles. The fraction of sp³-hybridized carbons (Fsp3) is 0.357. The highest BCUT2D eigenvalue weighted by atomic mass is 15.3. The van der Waals surface area contributed by atoms with Gasteiger partial charge in [-0.1, -0.05) is 31.0 Å². The predicted octanol–water partition coefficient (Wildman–Crippen LogP) is 2.16. The van der Waals surface area contributed by atoms with E-state index in [4.69, 9.17) is 11.1 Å². The van der Waals surface area contributed by atoms with Gasteiger partial charge in [0.15, 0.2) is 11.7 Å². The zero-order valence-corrected chi connectivity index (χ0v) is 10.7. The minimum Gasteiger partial charge on any atom is -0.381 e. The molecule has 0 radical (unpaired) electrons. The Morgan fingerprint density at radius 1 is 1.32 bits per heavy atom. The first-order valence-corrected chi connectivity index (χ1v) is 6.61. The third-order valence-corrected chi connectivity index (χ3v) is 3.58. The number of hydrogen-bond donors (Lipinski definition) is 2. The number of benzene rings is 1. The van der Waals surface area contributed by atoms with Crippen molar-refractivity contribution in [3.05, 3.63) is 30.5 Å². The summed E-state index contributed by atoms with van der Waals surface area (Å²) in [6.45, 7) is 0. The van der Waals surface area contributed by atoms with Gasteiger partial charge in [0.1, 0.15) is 0 Å². The first kappa shape index (κ1) is 11.9. The van der Waals surface area contributed by atoms with Gasteiger partial charge >= 0.3 is 0 Å². The Balaban J connectivity index is 1.90. The Morgan fingerprint density at radius 3 is 2.84 bits per heavy atom. The number of hydrogen-bond acceptors (Lipinski definition) is 3. The van der Waals surface area contributed by atoms with Crippen molar-refractivity contribution in [3.63, 3.8) is 0 Å². The van der Waals surface area contributed by atoms with Crippen LogP contribution in [0.25, 0.3) is 10.9 Å². The molecule has 0 bridgehead atoms. The molecule has 0 amide bonds. The Labute approximate surface area is 111 Å². The highest BCUT2D eigenvalue weighted by Crippen LogP contribution is 2.21. The van der Waals surface area contributed by atoms with Gasteiger partial charge in [-0.2, -0.15) is 5.10 Å². The fourth-order valence-electron chi connectivity index (χ4n) is 2.55. The smallest absolute Gasteiger partial charge is 0.189 e. The molecule has 98 valence electrons. The predicted molar refractivity (Wildman–Crippen MR) is 76.7 cm³/mol. The molecule has 3 N–H and O–H groups in total. The van der Waals surface area contributed by atoms with Crippen LogP contribution in [-0.4, -0.2) is 27.5 Å². The molecule has 2 aromatic rings. The molecule has 0 aliphatic heterocycles. The summed E-state index contributed by atoms with van der Waals surface area (Å²) < 4.78 is 1.54. The molecule has 19 heavy (non-hydrogen) atoms. The lowest BCUT2D eigenvalue weighted by atomic mass is 10.2. The molecule has 1 aliphatic rings. The number of fused-ring (bicyclic) bond motifs is 1. The summed E-state index contributed by atoms with van der Waals surface area (Å²) in [4.78, 5) is 4.45. The van der Waals surface area contributed by atoms with E-state index in [9.17, 15) is 0 Å². The van der Waals surface area contributed by atoms with Crippen LogP contribution in [0.15, 0.2) is 35.5 Å². The van der Waals surface area contributed by atoms with E-state index in [0.29, 0.717) is 0 Å². The number of rotatable bonds is 1. The molecular weight excluding hydrogens is 238 g/mol. The minimum absolute atomic E-state index is 0.160. The summed E-state index contributed by atoms with van der Waals surface area (Å²) in [5.74, 6) is 0.439. The van der Waals surface area contributed by atoms with Crippen LogP contribution >= 0.6 is 0 Å². The second kappa shape index (κ2) is 4.84. The van der Waals surface area contributed by atoms with Crippen LogP contribution in [0.5, 0.6) is 0 Å². The summed E-state index contributed by atoms with van der Waals surface area (Å²) in [5, 5.41) is 13.4. The van der Waals surface area contributed by atoms with Gasteiger partial charge in [0.2, 0.25) is 0 Å². The summed E-state index contributed by atoms with van der Waals surface area (Å²) in [6, 6.07) is 8.06. The number of amidine groups is 1. The maximum absolute atomic E-state index is 8.14. The summed E-state index contributed by atoms with van der Waals surface area (Å²) in [6.07, 6.45) is 6.31. The van der Waals surface area contributed by atoms with Crippen molar-refractivity contribution >= 4 is 22.6 Å². The van der Waals surface area contributed by atoms with Crippen molar-refractivity contribution in [1.82, 2.24) is 9.78 Å². The van der Waals surface area contributed by atoms with Crippen LogP contribution in [0.2, 0.25) is 0 Å². The Kier molecular flexibility index (Phi) is 3.03. The number of aromatic nitrogens is 2. The quantitative estimate of drug-likeness (QED) is 0.605. The Bertz CT molecular complexity index is 634. The van der Waals surface area contributed by atoms with Crippen LogP contribution in [0.3, 0.4) is 0 Å². The van der Waals surface area contributed by atoms with Crippen molar-refractivity contribution in [3.8, 4) is 0 Å². The number of para-hydroxylation sites is 1. The van der Waals surface area contributed by atoms with Crippen molar-refractivity contribution in [2.45, 2.75) is 31.7 Å².